The third-order valence-corrected chi connectivity index (χ3v) is 6.60. The average molecular weight is 521 g/mol. The fourth-order valence-electron chi connectivity index (χ4n) is 4.99. The summed E-state index contributed by atoms with van der Waals surface area (Å²) < 4.78 is 10.7. The maximum atomic E-state index is 12.3. The Morgan fingerprint density at radius 3 is 2.32 bits per heavy atom. The topological polar surface area (TPSA) is 80.2 Å². The summed E-state index contributed by atoms with van der Waals surface area (Å²) in [6, 6.07) is 8.19. The zero-order chi connectivity index (χ0) is 25.8. The van der Waals surface area contributed by atoms with E-state index in [1.807, 2.05) is 31.2 Å². The lowest BCUT2D eigenvalue weighted by Crippen LogP contribution is -3.00. The van der Waals surface area contributed by atoms with Gasteiger partial charge in [0.25, 0.3) is 0 Å². The molecule has 8 heteroatoms. The number of nitrogens with zero attached hydrogens (tertiary/aromatic N) is 4. The van der Waals surface area contributed by atoms with Gasteiger partial charge in [-0.3, -0.25) is 4.98 Å². The second-order valence-electron chi connectivity index (χ2n) is 8.44. The van der Waals surface area contributed by atoms with Crippen LogP contribution in [0.1, 0.15) is 55.1 Å². The smallest absolute Gasteiger partial charge is 0.356 e. The van der Waals surface area contributed by atoms with Crippen LogP contribution in [0.15, 0.2) is 66.2 Å². The van der Waals surface area contributed by atoms with Crippen LogP contribution in [0.4, 0.5) is 0 Å². The molecule has 3 aromatic rings. The van der Waals surface area contributed by atoms with Crippen LogP contribution in [-0.4, -0.2) is 55.6 Å². The number of carboxylic acid groups (broad SMARTS) is 1. The number of benzene rings is 1. The largest absolute Gasteiger partial charge is 1.00 e. The van der Waals surface area contributed by atoms with Crippen molar-refractivity contribution < 1.29 is 31.6 Å². The van der Waals surface area contributed by atoms with E-state index in [0.29, 0.717) is 23.6 Å². The van der Waals surface area contributed by atoms with Gasteiger partial charge in [-0.2, -0.15) is 0 Å². The third-order valence-electron chi connectivity index (χ3n) is 6.60. The Morgan fingerprint density at radius 1 is 1.03 bits per heavy atom. The molecule has 2 aromatic heterocycles. The third kappa shape index (κ3) is 5.09. The summed E-state index contributed by atoms with van der Waals surface area (Å²) >= 11 is 0. The highest BCUT2D eigenvalue weighted by atomic mass is 35.5. The number of fused-ring (bicyclic) bond motifs is 1. The van der Waals surface area contributed by atoms with Crippen LogP contribution in [0.5, 0.6) is 0 Å². The van der Waals surface area contributed by atoms with Crippen LogP contribution in [0.3, 0.4) is 0 Å². The van der Waals surface area contributed by atoms with E-state index in [2.05, 4.69) is 65.0 Å². The number of aromatic nitrogens is 3. The SMILES string of the molecule is CCOC1=CC(=[N+](CC)CC)C=CC1=C(c1nccnc1C(=O)O)c1c(C)n(CC)c2ccccc12.[Cl-]. The minimum absolute atomic E-state index is 0. The van der Waals surface area contributed by atoms with Gasteiger partial charge in [-0.25, -0.2) is 14.4 Å². The van der Waals surface area contributed by atoms with Gasteiger partial charge in [-0.15, -0.1) is 0 Å². The Hall–Kier alpha value is -3.71. The molecule has 1 aliphatic carbocycles. The van der Waals surface area contributed by atoms with Crippen LogP contribution in [0.2, 0.25) is 0 Å². The molecule has 194 valence electrons. The molecule has 0 radical (unpaired) electrons. The van der Waals surface area contributed by atoms with Crippen molar-refractivity contribution in [3.63, 3.8) is 0 Å². The number of aromatic carboxylic acids is 1. The summed E-state index contributed by atoms with van der Waals surface area (Å²) in [4.78, 5) is 21.0. The standard InChI is InChI=1S/C29H32N4O3.ClH/c1-6-32(7-2)20-14-15-22(24(18-20)36-9-4)26(27-28(29(34)35)31-17-16-30-27)25-19(5)33(8-3)23-13-11-10-12-21(23)25;/h10-18H,6-9H2,1-5H3;1H. The lowest BCUT2D eigenvalue weighted by molar-refractivity contribution is -0.519. The Morgan fingerprint density at radius 2 is 1.70 bits per heavy atom. The van der Waals surface area contributed by atoms with Crippen LogP contribution in [0, 0.1) is 6.92 Å². The van der Waals surface area contributed by atoms with E-state index in [1.165, 1.54) is 6.20 Å². The van der Waals surface area contributed by atoms with Gasteiger partial charge in [-0.05, 0) is 46.8 Å². The molecule has 0 amide bonds. The summed E-state index contributed by atoms with van der Waals surface area (Å²) in [5, 5.41) is 11.1. The molecule has 0 unspecified atom stereocenters. The second-order valence-corrected chi connectivity index (χ2v) is 8.44. The summed E-state index contributed by atoms with van der Waals surface area (Å²) in [6.07, 6.45) is 9.08. The number of hydrogen-bond acceptors (Lipinski definition) is 4. The van der Waals surface area contributed by atoms with Gasteiger partial charge in [0.1, 0.15) is 24.5 Å². The molecule has 0 atom stereocenters. The monoisotopic (exact) mass is 520 g/mol. The van der Waals surface area contributed by atoms with Crippen molar-refractivity contribution in [3.05, 3.63) is 88.9 Å². The van der Waals surface area contributed by atoms with Crippen LogP contribution >= 0.6 is 0 Å². The highest BCUT2D eigenvalue weighted by Crippen LogP contribution is 2.40. The zero-order valence-electron chi connectivity index (χ0n) is 22.0. The number of carbonyl (C=O) groups is 1. The Labute approximate surface area is 223 Å². The normalized spacial score (nSPS) is 14.3. The lowest BCUT2D eigenvalue weighted by Gasteiger charge is -2.20. The minimum atomic E-state index is -1.12. The zero-order valence-corrected chi connectivity index (χ0v) is 22.7. The van der Waals surface area contributed by atoms with Gasteiger partial charge < -0.3 is 26.8 Å². The predicted octanol–water partition coefficient (Wildman–Crippen LogP) is 2.25. The molecule has 0 saturated carbocycles. The second kappa shape index (κ2) is 12.0. The van der Waals surface area contributed by atoms with Gasteiger partial charge in [0.15, 0.2) is 5.69 Å². The maximum Gasteiger partial charge on any atom is 0.356 e. The minimum Gasteiger partial charge on any atom is -1.00 e. The molecule has 2 heterocycles. The van der Waals surface area contributed by atoms with E-state index >= 15 is 0 Å². The first kappa shape index (κ1) is 27.9. The van der Waals surface area contributed by atoms with Gasteiger partial charge in [0.05, 0.1) is 12.7 Å². The molecule has 0 aliphatic heterocycles. The molecule has 0 fully saturated rings. The molecular weight excluding hydrogens is 488 g/mol. The van der Waals surface area contributed by atoms with E-state index in [-0.39, 0.29) is 18.1 Å². The van der Waals surface area contributed by atoms with Crippen molar-refractivity contribution in [1.82, 2.24) is 14.5 Å². The lowest BCUT2D eigenvalue weighted by atomic mass is 9.89. The number of para-hydroxylation sites is 1. The van der Waals surface area contributed by atoms with Crippen LogP contribution in [-0.2, 0) is 11.3 Å². The fourth-order valence-corrected chi connectivity index (χ4v) is 4.99. The van der Waals surface area contributed by atoms with Crippen molar-refractivity contribution >= 4 is 28.2 Å². The molecule has 1 N–H and O–H groups in total. The highest BCUT2D eigenvalue weighted by Gasteiger charge is 2.29. The molecule has 37 heavy (non-hydrogen) atoms. The summed E-state index contributed by atoms with van der Waals surface area (Å²) in [7, 11) is 0. The van der Waals surface area contributed by atoms with Gasteiger partial charge in [-0.1, -0.05) is 18.2 Å². The quantitative estimate of drug-likeness (QED) is 0.461. The van der Waals surface area contributed by atoms with Gasteiger partial charge in [0, 0.05) is 58.3 Å². The summed E-state index contributed by atoms with van der Waals surface area (Å²) in [6.45, 7) is 13.4. The maximum absolute atomic E-state index is 12.3. The first-order chi connectivity index (χ1) is 17.5. The number of halogens is 1. The highest BCUT2D eigenvalue weighted by molar-refractivity contribution is 6.08. The first-order valence-corrected chi connectivity index (χ1v) is 12.5. The van der Waals surface area contributed by atoms with E-state index in [0.717, 1.165) is 53.1 Å². The van der Waals surface area contributed by atoms with Crippen molar-refractivity contribution in [1.29, 1.82) is 0 Å². The molecule has 7 nitrogen and oxygen atoms in total. The van der Waals surface area contributed by atoms with E-state index in [4.69, 9.17) is 4.74 Å². The Bertz CT molecular complexity index is 1440. The number of carboxylic acids is 1. The van der Waals surface area contributed by atoms with E-state index in [1.54, 1.807) is 6.20 Å². The molecule has 0 spiro atoms. The number of rotatable bonds is 8. The molecule has 0 saturated heterocycles. The fraction of sp³-hybridized carbons (Fsp3) is 0.310. The Kier molecular flexibility index (Phi) is 9.05. The molecule has 0 bridgehead atoms. The van der Waals surface area contributed by atoms with Crippen molar-refractivity contribution in [2.75, 3.05) is 19.7 Å². The van der Waals surface area contributed by atoms with Crippen molar-refractivity contribution in [3.8, 4) is 0 Å². The number of hydrogen-bond donors (Lipinski definition) is 1. The molecular formula is C29H33ClN4O3. The predicted molar refractivity (Wildman–Crippen MR) is 143 cm³/mol. The van der Waals surface area contributed by atoms with Gasteiger partial charge >= 0.3 is 5.97 Å². The Balaban J connectivity index is 0.00000380. The number of allylic oxidation sites excluding steroid dienone is 3. The number of aryl methyl sites for hydroxylation is 1. The van der Waals surface area contributed by atoms with E-state index < -0.39 is 5.97 Å². The average Bonchev–Trinajstić information content (AvgIpc) is 3.17. The molecule has 1 aromatic carbocycles. The molecule has 1 aliphatic rings. The molecule has 4 rings (SSSR count). The van der Waals surface area contributed by atoms with Crippen LogP contribution < -0.4 is 12.4 Å². The van der Waals surface area contributed by atoms with Crippen molar-refractivity contribution in [2.45, 2.75) is 41.2 Å². The number of ether oxygens (including phenoxy) is 1. The summed E-state index contributed by atoms with van der Waals surface area (Å²) in [5.41, 5.74) is 5.84. The summed E-state index contributed by atoms with van der Waals surface area (Å²) in [5.74, 6) is -0.433. The van der Waals surface area contributed by atoms with Crippen LogP contribution in [0.25, 0.3) is 16.5 Å². The van der Waals surface area contributed by atoms with Gasteiger partial charge in [0.2, 0.25) is 5.71 Å². The first-order valence-electron chi connectivity index (χ1n) is 12.5. The van der Waals surface area contributed by atoms with E-state index in [9.17, 15) is 9.90 Å². The van der Waals surface area contributed by atoms with Crippen molar-refractivity contribution in [2.24, 2.45) is 0 Å².